The molecule has 0 amide bonds. The second kappa shape index (κ2) is 10.8. The third kappa shape index (κ3) is 7.37. The third-order valence-corrected chi connectivity index (χ3v) is 3.23. The molecule has 0 bridgehead atoms. The zero-order valence-corrected chi connectivity index (χ0v) is 14.6. The number of ether oxygens (including phenoxy) is 1. The van der Waals surface area contributed by atoms with E-state index in [0.717, 1.165) is 18.4 Å². The Hall–Kier alpha value is -0.0900. The van der Waals surface area contributed by atoms with Gasteiger partial charge in [-0.05, 0) is 44.7 Å². The Balaban J connectivity index is 0.000000631. The fourth-order valence-corrected chi connectivity index (χ4v) is 1.99. The molecule has 18 heavy (non-hydrogen) atoms. The van der Waals surface area contributed by atoms with Crippen LogP contribution in [0.2, 0.25) is 0 Å². The predicted molar refractivity (Wildman–Crippen MR) is 83.8 cm³/mol. The predicted octanol–water partition coefficient (Wildman–Crippen LogP) is 5.82. The van der Waals surface area contributed by atoms with Crippen LogP contribution in [0.1, 0.15) is 59.3 Å². The van der Waals surface area contributed by atoms with Gasteiger partial charge in [-0.25, -0.2) is 4.79 Å². The number of halogens is 2. The average Bonchev–Trinajstić information content (AvgIpc) is 2.71. The van der Waals surface area contributed by atoms with Crippen LogP contribution in [0.5, 0.6) is 0 Å². The Morgan fingerprint density at radius 2 is 1.72 bits per heavy atom. The van der Waals surface area contributed by atoms with Crippen molar-refractivity contribution < 1.29 is 9.53 Å². The number of carbonyl (C=O) groups excluding carboxylic acids is 1. The number of esters is 1. The molecule has 0 fully saturated rings. The topological polar surface area (TPSA) is 26.3 Å². The lowest BCUT2D eigenvalue weighted by Crippen LogP contribution is -1.91. The second-order valence-corrected chi connectivity index (χ2v) is 6.79. The van der Waals surface area contributed by atoms with Gasteiger partial charge < -0.3 is 4.74 Å². The quantitative estimate of drug-likeness (QED) is 0.443. The van der Waals surface area contributed by atoms with Crippen molar-refractivity contribution >= 4 is 37.8 Å². The molecule has 0 aromatic heterocycles. The van der Waals surface area contributed by atoms with Crippen molar-refractivity contribution in [1.29, 1.82) is 0 Å². The molecule has 0 N–H and O–H groups in total. The average molecular weight is 382 g/mol. The van der Waals surface area contributed by atoms with E-state index in [0.29, 0.717) is 9.15 Å². The molecule has 0 saturated carbocycles. The van der Waals surface area contributed by atoms with Crippen LogP contribution in [-0.2, 0) is 9.53 Å². The summed E-state index contributed by atoms with van der Waals surface area (Å²) in [4.78, 5) is 11.0. The Morgan fingerprint density at radius 3 is 2.17 bits per heavy atom. The molecule has 1 rings (SSSR count). The number of carbonyl (C=O) groups is 1. The Morgan fingerprint density at radius 1 is 1.11 bits per heavy atom. The van der Waals surface area contributed by atoms with E-state index in [9.17, 15) is 4.79 Å². The first kappa shape index (κ1) is 17.9. The number of cyclic esters (lactones) is 1. The van der Waals surface area contributed by atoms with Gasteiger partial charge in [-0.15, -0.1) is 0 Å². The molecule has 1 heterocycles. The SMILES string of the molecule is CCCC.CCCCCC1=CC(=O)OC1=C(Br)Br. The molecule has 0 spiro atoms. The van der Waals surface area contributed by atoms with Gasteiger partial charge in [0, 0.05) is 11.6 Å². The van der Waals surface area contributed by atoms with Crippen LogP contribution in [0.4, 0.5) is 0 Å². The third-order valence-electron chi connectivity index (χ3n) is 2.51. The van der Waals surface area contributed by atoms with E-state index in [1.807, 2.05) is 0 Å². The molecule has 2 nitrogen and oxygen atoms in total. The van der Waals surface area contributed by atoms with Crippen molar-refractivity contribution in [3.05, 3.63) is 20.8 Å². The number of rotatable bonds is 5. The molecular formula is C14H22Br2O2. The van der Waals surface area contributed by atoms with E-state index >= 15 is 0 Å². The fourth-order valence-electron chi connectivity index (χ4n) is 1.31. The monoisotopic (exact) mass is 380 g/mol. The van der Waals surface area contributed by atoms with Gasteiger partial charge in [0.1, 0.15) is 3.39 Å². The van der Waals surface area contributed by atoms with Crippen molar-refractivity contribution in [3.63, 3.8) is 0 Å². The standard InChI is InChI=1S/C10H12Br2O2.C4H10/c1-2-3-4-5-7-6-8(13)14-9(7)10(11)12;1-3-4-2/h6H,2-5H2,1H3;3-4H2,1-2H3. The summed E-state index contributed by atoms with van der Waals surface area (Å²) in [5.74, 6) is 0.356. The summed E-state index contributed by atoms with van der Waals surface area (Å²) in [6.45, 7) is 6.52. The Labute approximate surface area is 127 Å². The lowest BCUT2D eigenvalue weighted by Gasteiger charge is -2.03. The summed E-state index contributed by atoms with van der Waals surface area (Å²) in [7, 11) is 0. The zero-order valence-electron chi connectivity index (χ0n) is 11.4. The van der Waals surface area contributed by atoms with Crippen molar-refractivity contribution in [2.24, 2.45) is 0 Å². The normalized spacial score (nSPS) is 13.7. The molecule has 0 aromatic rings. The largest absolute Gasteiger partial charge is 0.421 e. The van der Waals surface area contributed by atoms with Gasteiger partial charge in [-0.3, -0.25) is 0 Å². The molecule has 104 valence electrons. The molecule has 1 aliphatic rings. The number of hydrogen-bond donors (Lipinski definition) is 0. The van der Waals surface area contributed by atoms with Gasteiger partial charge in [-0.2, -0.15) is 0 Å². The summed E-state index contributed by atoms with van der Waals surface area (Å²) in [6.07, 6.45) is 8.55. The molecule has 0 unspecified atom stereocenters. The summed E-state index contributed by atoms with van der Waals surface area (Å²) >= 11 is 6.51. The molecular weight excluding hydrogens is 360 g/mol. The highest BCUT2D eigenvalue weighted by Gasteiger charge is 2.21. The van der Waals surface area contributed by atoms with Crippen molar-refractivity contribution in [2.75, 3.05) is 0 Å². The highest BCUT2D eigenvalue weighted by molar-refractivity contribution is 9.28. The molecule has 0 atom stereocenters. The van der Waals surface area contributed by atoms with Crippen LogP contribution in [0.25, 0.3) is 0 Å². The van der Waals surface area contributed by atoms with Gasteiger partial charge in [0.2, 0.25) is 0 Å². The number of hydrogen-bond acceptors (Lipinski definition) is 2. The first-order valence-corrected chi connectivity index (χ1v) is 8.13. The minimum atomic E-state index is -0.275. The molecule has 4 heteroatoms. The lowest BCUT2D eigenvalue weighted by molar-refractivity contribution is -0.132. The maximum absolute atomic E-state index is 11.0. The van der Waals surface area contributed by atoms with E-state index in [2.05, 4.69) is 52.6 Å². The molecule has 0 saturated heterocycles. The Kier molecular flexibility index (Phi) is 10.7. The van der Waals surface area contributed by atoms with Crippen LogP contribution in [0.3, 0.4) is 0 Å². The minimum Gasteiger partial charge on any atom is -0.421 e. The first-order chi connectivity index (χ1) is 8.56. The summed E-state index contributed by atoms with van der Waals surface area (Å²) in [5.41, 5.74) is 0.979. The molecule has 0 radical (unpaired) electrons. The van der Waals surface area contributed by atoms with Gasteiger partial charge in [0.25, 0.3) is 0 Å². The summed E-state index contributed by atoms with van der Waals surface area (Å²) < 4.78 is 5.73. The van der Waals surface area contributed by atoms with E-state index in [-0.39, 0.29) is 5.97 Å². The van der Waals surface area contributed by atoms with Gasteiger partial charge >= 0.3 is 5.97 Å². The van der Waals surface area contributed by atoms with Crippen molar-refractivity contribution in [1.82, 2.24) is 0 Å². The highest BCUT2D eigenvalue weighted by atomic mass is 79.9. The van der Waals surface area contributed by atoms with E-state index in [1.165, 1.54) is 25.7 Å². The van der Waals surface area contributed by atoms with E-state index < -0.39 is 0 Å². The van der Waals surface area contributed by atoms with Crippen LogP contribution >= 0.6 is 31.9 Å². The maximum Gasteiger partial charge on any atom is 0.336 e. The van der Waals surface area contributed by atoms with Crippen LogP contribution in [-0.4, -0.2) is 5.97 Å². The van der Waals surface area contributed by atoms with Gasteiger partial charge in [0.15, 0.2) is 5.76 Å². The summed E-state index contributed by atoms with van der Waals surface area (Å²) in [6, 6.07) is 0. The first-order valence-electron chi connectivity index (χ1n) is 6.54. The van der Waals surface area contributed by atoms with Crippen molar-refractivity contribution in [3.8, 4) is 0 Å². The highest BCUT2D eigenvalue weighted by Crippen LogP contribution is 2.32. The van der Waals surface area contributed by atoms with Gasteiger partial charge in [0.05, 0.1) is 0 Å². The van der Waals surface area contributed by atoms with Crippen LogP contribution in [0, 0.1) is 0 Å². The Bertz CT molecular complexity index is 314. The molecule has 1 aliphatic heterocycles. The minimum absolute atomic E-state index is 0.275. The van der Waals surface area contributed by atoms with E-state index in [4.69, 9.17) is 4.74 Å². The molecule has 0 aromatic carbocycles. The molecule has 0 aliphatic carbocycles. The van der Waals surface area contributed by atoms with Crippen LogP contribution in [0.15, 0.2) is 20.8 Å². The number of unbranched alkanes of at least 4 members (excludes halogenated alkanes) is 3. The van der Waals surface area contributed by atoms with Crippen molar-refractivity contribution in [2.45, 2.75) is 59.3 Å². The second-order valence-electron chi connectivity index (χ2n) is 4.14. The maximum atomic E-state index is 11.0. The number of allylic oxidation sites excluding steroid dienone is 1. The lowest BCUT2D eigenvalue weighted by atomic mass is 10.1. The van der Waals surface area contributed by atoms with Crippen LogP contribution < -0.4 is 0 Å². The summed E-state index contributed by atoms with van der Waals surface area (Å²) in [5, 5.41) is 0. The zero-order chi connectivity index (χ0) is 14.0. The smallest absolute Gasteiger partial charge is 0.336 e. The van der Waals surface area contributed by atoms with E-state index in [1.54, 1.807) is 6.08 Å². The van der Waals surface area contributed by atoms with Gasteiger partial charge in [-0.1, -0.05) is 46.5 Å². The fraction of sp³-hybridized carbons (Fsp3) is 0.643.